The second kappa shape index (κ2) is 6.80. The molecule has 0 unspecified atom stereocenters. The summed E-state index contributed by atoms with van der Waals surface area (Å²) in [5.74, 6) is -0.0348. The first-order chi connectivity index (χ1) is 10.0. The van der Waals surface area contributed by atoms with Crippen LogP contribution in [0.2, 0.25) is 5.02 Å². The fourth-order valence-electron chi connectivity index (χ4n) is 2.28. The highest BCUT2D eigenvalue weighted by Crippen LogP contribution is 2.18. The normalized spacial score (nSPS) is 15.0. The van der Waals surface area contributed by atoms with Gasteiger partial charge in [-0.05, 0) is 31.5 Å². The van der Waals surface area contributed by atoms with Crippen LogP contribution in [-0.2, 0) is 0 Å². The van der Waals surface area contributed by atoms with E-state index in [9.17, 15) is 9.59 Å². The van der Waals surface area contributed by atoms with Gasteiger partial charge in [0.25, 0.3) is 5.91 Å². The number of benzene rings is 1. The lowest BCUT2D eigenvalue weighted by molar-refractivity contribution is 0.0665. The van der Waals surface area contributed by atoms with Crippen LogP contribution in [0, 0.1) is 6.92 Å². The van der Waals surface area contributed by atoms with E-state index in [4.69, 9.17) is 11.6 Å². The number of piperazine rings is 1. The van der Waals surface area contributed by atoms with E-state index in [1.165, 1.54) is 0 Å². The summed E-state index contributed by atoms with van der Waals surface area (Å²) in [4.78, 5) is 27.6. The molecule has 3 amide bonds. The molecular weight excluding hydrogens is 290 g/mol. The Morgan fingerprint density at radius 3 is 2.38 bits per heavy atom. The molecule has 0 saturated carbocycles. The number of aryl methyl sites for hydroxylation is 1. The number of halogens is 1. The van der Waals surface area contributed by atoms with E-state index >= 15 is 0 Å². The highest BCUT2D eigenvalue weighted by molar-refractivity contribution is 6.31. The lowest BCUT2D eigenvalue weighted by atomic mass is 10.1. The zero-order valence-electron chi connectivity index (χ0n) is 12.4. The van der Waals surface area contributed by atoms with Gasteiger partial charge in [0.2, 0.25) is 0 Å². The molecule has 5 nitrogen and oxygen atoms in total. The fourth-order valence-corrected chi connectivity index (χ4v) is 2.46. The smallest absolute Gasteiger partial charge is 0.317 e. The van der Waals surface area contributed by atoms with Crippen LogP contribution in [0.25, 0.3) is 0 Å². The third-order valence-electron chi connectivity index (χ3n) is 3.60. The average molecular weight is 310 g/mol. The van der Waals surface area contributed by atoms with Crippen molar-refractivity contribution in [1.29, 1.82) is 0 Å². The Morgan fingerprint density at radius 1 is 1.19 bits per heavy atom. The predicted molar refractivity (Wildman–Crippen MR) is 82.7 cm³/mol. The molecule has 1 aromatic rings. The summed E-state index contributed by atoms with van der Waals surface area (Å²) in [6.07, 6.45) is 0. The van der Waals surface area contributed by atoms with E-state index in [1.807, 2.05) is 19.9 Å². The van der Waals surface area contributed by atoms with Gasteiger partial charge in [-0.3, -0.25) is 4.79 Å². The van der Waals surface area contributed by atoms with Gasteiger partial charge in [-0.25, -0.2) is 4.79 Å². The van der Waals surface area contributed by atoms with Crippen molar-refractivity contribution >= 4 is 23.5 Å². The van der Waals surface area contributed by atoms with E-state index in [-0.39, 0.29) is 11.9 Å². The zero-order chi connectivity index (χ0) is 15.4. The largest absolute Gasteiger partial charge is 0.338 e. The van der Waals surface area contributed by atoms with Crippen LogP contribution in [-0.4, -0.2) is 54.5 Å². The molecule has 0 spiro atoms. The monoisotopic (exact) mass is 309 g/mol. The van der Waals surface area contributed by atoms with Crippen LogP contribution in [0.4, 0.5) is 4.79 Å². The number of hydrogen-bond donors (Lipinski definition) is 1. The number of carbonyl (C=O) groups excluding carboxylic acids is 2. The predicted octanol–water partition coefficient (Wildman–Crippen LogP) is 2.14. The Labute approximate surface area is 129 Å². The molecule has 1 N–H and O–H groups in total. The van der Waals surface area contributed by atoms with Crippen LogP contribution in [0.1, 0.15) is 22.8 Å². The quantitative estimate of drug-likeness (QED) is 0.910. The Bertz CT molecular complexity index is 540. The van der Waals surface area contributed by atoms with E-state index in [0.29, 0.717) is 43.3 Å². The van der Waals surface area contributed by atoms with Gasteiger partial charge in [-0.1, -0.05) is 17.7 Å². The highest BCUT2D eigenvalue weighted by Gasteiger charge is 2.24. The maximum Gasteiger partial charge on any atom is 0.317 e. The molecule has 114 valence electrons. The third kappa shape index (κ3) is 3.67. The van der Waals surface area contributed by atoms with Crippen LogP contribution in [0.5, 0.6) is 0 Å². The molecule has 1 fully saturated rings. The second-order valence-electron chi connectivity index (χ2n) is 5.08. The van der Waals surface area contributed by atoms with Gasteiger partial charge in [0.15, 0.2) is 0 Å². The van der Waals surface area contributed by atoms with Crippen molar-refractivity contribution in [3.8, 4) is 0 Å². The van der Waals surface area contributed by atoms with Crippen molar-refractivity contribution < 1.29 is 9.59 Å². The van der Waals surface area contributed by atoms with Crippen molar-refractivity contribution in [3.05, 3.63) is 34.3 Å². The van der Waals surface area contributed by atoms with E-state index in [1.54, 1.807) is 21.9 Å². The molecule has 0 atom stereocenters. The Balaban J connectivity index is 1.97. The first-order valence-corrected chi connectivity index (χ1v) is 7.49. The molecule has 0 bridgehead atoms. The van der Waals surface area contributed by atoms with Gasteiger partial charge in [0, 0.05) is 43.3 Å². The lowest BCUT2D eigenvalue weighted by Crippen LogP contribution is -2.53. The van der Waals surface area contributed by atoms with Crippen LogP contribution in [0.15, 0.2) is 18.2 Å². The van der Waals surface area contributed by atoms with Crippen LogP contribution >= 0.6 is 11.6 Å². The SMILES string of the molecule is CCNC(=O)N1CCN(C(=O)c2ccc(C)c(Cl)c2)CC1. The number of carbonyl (C=O) groups is 2. The molecule has 1 aliphatic heterocycles. The number of nitrogens with one attached hydrogen (secondary N) is 1. The van der Waals surface area contributed by atoms with Crippen LogP contribution < -0.4 is 5.32 Å². The summed E-state index contributed by atoms with van der Waals surface area (Å²) in [7, 11) is 0. The molecular formula is C15H20ClN3O2. The van der Waals surface area contributed by atoms with Crippen molar-refractivity contribution in [1.82, 2.24) is 15.1 Å². The first kappa shape index (κ1) is 15.6. The minimum atomic E-state index is -0.0667. The van der Waals surface area contributed by atoms with E-state index < -0.39 is 0 Å². The molecule has 1 saturated heterocycles. The molecule has 1 heterocycles. The number of nitrogens with zero attached hydrogens (tertiary/aromatic N) is 2. The third-order valence-corrected chi connectivity index (χ3v) is 4.01. The van der Waals surface area contributed by atoms with Gasteiger partial charge in [-0.2, -0.15) is 0 Å². The fraction of sp³-hybridized carbons (Fsp3) is 0.467. The lowest BCUT2D eigenvalue weighted by Gasteiger charge is -2.34. The van der Waals surface area contributed by atoms with Gasteiger partial charge in [0.05, 0.1) is 0 Å². The van der Waals surface area contributed by atoms with E-state index in [2.05, 4.69) is 5.32 Å². The zero-order valence-corrected chi connectivity index (χ0v) is 13.1. The number of rotatable bonds is 2. The molecule has 1 aromatic carbocycles. The van der Waals surface area contributed by atoms with Crippen molar-refractivity contribution in [3.63, 3.8) is 0 Å². The minimum Gasteiger partial charge on any atom is -0.338 e. The number of urea groups is 1. The molecule has 0 aromatic heterocycles. The molecule has 2 rings (SSSR count). The Morgan fingerprint density at radius 2 is 1.81 bits per heavy atom. The summed E-state index contributed by atoms with van der Waals surface area (Å²) in [5.41, 5.74) is 1.55. The summed E-state index contributed by atoms with van der Waals surface area (Å²) >= 11 is 6.06. The summed E-state index contributed by atoms with van der Waals surface area (Å²) < 4.78 is 0. The highest BCUT2D eigenvalue weighted by atomic mass is 35.5. The maximum atomic E-state index is 12.4. The first-order valence-electron chi connectivity index (χ1n) is 7.11. The number of amides is 3. The molecule has 0 aliphatic carbocycles. The Hall–Kier alpha value is -1.75. The maximum absolute atomic E-state index is 12.4. The number of hydrogen-bond acceptors (Lipinski definition) is 2. The molecule has 1 aliphatic rings. The van der Waals surface area contributed by atoms with Crippen molar-refractivity contribution in [2.45, 2.75) is 13.8 Å². The average Bonchev–Trinajstić information content (AvgIpc) is 2.50. The summed E-state index contributed by atoms with van der Waals surface area (Å²) in [5, 5.41) is 3.37. The molecule has 0 radical (unpaired) electrons. The second-order valence-corrected chi connectivity index (χ2v) is 5.49. The standard InChI is InChI=1S/C15H20ClN3O2/c1-3-17-15(21)19-8-6-18(7-9-19)14(20)12-5-4-11(2)13(16)10-12/h4-5,10H,3,6-9H2,1-2H3,(H,17,21). The van der Waals surface area contributed by atoms with Crippen molar-refractivity contribution in [2.24, 2.45) is 0 Å². The molecule has 6 heteroatoms. The topological polar surface area (TPSA) is 52.7 Å². The van der Waals surface area contributed by atoms with E-state index in [0.717, 1.165) is 5.56 Å². The van der Waals surface area contributed by atoms with Gasteiger partial charge in [0.1, 0.15) is 0 Å². The van der Waals surface area contributed by atoms with Gasteiger partial charge >= 0.3 is 6.03 Å². The Kier molecular flexibility index (Phi) is 5.07. The summed E-state index contributed by atoms with van der Waals surface area (Å²) in [6.45, 7) is 6.59. The van der Waals surface area contributed by atoms with Crippen LogP contribution in [0.3, 0.4) is 0 Å². The van der Waals surface area contributed by atoms with Gasteiger partial charge in [-0.15, -0.1) is 0 Å². The van der Waals surface area contributed by atoms with Gasteiger partial charge < -0.3 is 15.1 Å². The van der Waals surface area contributed by atoms with Crippen molar-refractivity contribution in [2.75, 3.05) is 32.7 Å². The summed E-state index contributed by atoms with van der Waals surface area (Å²) in [6, 6.07) is 5.28. The molecule has 21 heavy (non-hydrogen) atoms. The minimum absolute atomic E-state index is 0.0348.